The third-order valence-electron chi connectivity index (χ3n) is 5.34. The number of aromatic carboxylic acids is 1. The highest BCUT2D eigenvalue weighted by molar-refractivity contribution is 5.86. The lowest BCUT2D eigenvalue weighted by molar-refractivity contribution is -0.255. The fourth-order valence-electron chi connectivity index (χ4n) is 3.55. The van der Waals surface area contributed by atoms with Gasteiger partial charge in [-0.05, 0) is 18.6 Å². The number of unbranched alkanes of at least 4 members (excludes halogenated alkanes) is 15. The summed E-state index contributed by atoms with van der Waals surface area (Å²) < 4.78 is 5.62. The number of hydrogen-bond acceptors (Lipinski definition) is 3. The summed E-state index contributed by atoms with van der Waals surface area (Å²) in [6.07, 6.45) is 21.7. The second-order valence-corrected chi connectivity index (χ2v) is 7.97. The van der Waals surface area contributed by atoms with Gasteiger partial charge < -0.3 is 14.6 Å². The summed E-state index contributed by atoms with van der Waals surface area (Å²) in [7, 11) is 0. The average molecular weight is 390 g/mol. The van der Waals surface area contributed by atoms with Gasteiger partial charge in [-0.25, -0.2) is 0 Å². The smallest absolute Gasteiger partial charge is 0.119 e. The monoisotopic (exact) mass is 389 g/mol. The van der Waals surface area contributed by atoms with Crippen LogP contribution in [0.3, 0.4) is 0 Å². The van der Waals surface area contributed by atoms with E-state index in [1.807, 2.05) is 0 Å². The molecule has 1 aromatic carbocycles. The van der Waals surface area contributed by atoms with Gasteiger partial charge in [0.05, 0.1) is 12.6 Å². The largest absolute Gasteiger partial charge is 0.545 e. The lowest BCUT2D eigenvalue weighted by Crippen LogP contribution is -2.22. The molecule has 1 rings (SSSR count). The van der Waals surface area contributed by atoms with E-state index in [1.165, 1.54) is 108 Å². The number of carbonyl (C=O) groups excluding carboxylic acids is 1. The van der Waals surface area contributed by atoms with Crippen LogP contribution in [0.25, 0.3) is 0 Å². The molecule has 0 bridgehead atoms. The molecular weight excluding hydrogens is 348 g/mol. The first kappa shape index (κ1) is 24.5. The summed E-state index contributed by atoms with van der Waals surface area (Å²) >= 11 is 0. The molecule has 0 aliphatic rings. The third kappa shape index (κ3) is 13.6. The quantitative estimate of drug-likeness (QED) is 0.248. The molecule has 28 heavy (non-hydrogen) atoms. The van der Waals surface area contributed by atoms with Gasteiger partial charge in [-0.15, -0.1) is 0 Å². The average Bonchev–Trinajstić information content (AvgIpc) is 2.70. The summed E-state index contributed by atoms with van der Waals surface area (Å²) in [5.41, 5.74) is 0.171. The van der Waals surface area contributed by atoms with Crippen molar-refractivity contribution in [3.05, 3.63) is 29.8 Å². The molecule has 0 aliphatic heterocycles. The molecule has 0 aliphatic carbocycles. The number of ether oxygens (including phenoxy) is 1. The standard InChI is InChI=1S/C25H42O3/c1-2-3-4-5-6-7-8-9-10-11-12-13-14-15-16-17-21-28-24-20-18-19-23(22-24)25(26)27/h18-20,22H,2-17,21H2,1H3,(H,26,27)/p-1. The van der Waals surface area contributed by atoms with Crippen LogP contribution in [-0.4, -0.2) is 12.6 Å². The summed E-state index contributed by atoms with van der Waals surface area (Å²) in [6, 6.07) is 6.53. The molecule has 1 aromatic rings. The van der Waals surface area contributed by atoms with Crippen LogP contribution < -0.4 is 9.84 Å². The zero-order valence-corrected chi connectivity index (χ0v) is 18.1. The van der Waals surface area contributed by atoms with E-state index >= 15 is 0 Å². The Kier molecular flexibility index (Phi) is 15.4. The molecular formula is C25H41O3-. The van der Waals surface area contributed by atoms with E-state index < -0.39 is 5.97 Å². The molecule has 0 atom stereocenters. The van der Waals surface area contributed by atoms with E-state index in [1.54, 1.807) is 12.1 Å². The topological polar surface area (TPSA) is 49.4 Å². The van der Waals surface area contributed by atoms with Crippen LogP contribution in [-0.2, 0) is 0 Å². The zero-order chi connectivity index (χ0) is 20.3. The maximum absolute atomic E-state index is 10.8. The minimum atomic E-state index is -1.16. The van der Waals surface area contributed by atoms with E-state index in [0.717, 1.165) is 6.42 Å². The number of rotatable bonds is 19. The number of carboxylic acid groups (broad SMARTS) is 1. The Bertz CT molecular complexity index is 498. The van der Waals surface area contributed by atoms with Gasteiger partial charge in [0.1, 0.15) is 5.75 Å². The lowest BCUT2D eigenvalue weighted by atomic mass is 10.0. The highest BCUT2D eigenvalue weighted by Gasteiger charge is 1.98. The van der Waals surface area contributed by atoms with Crippen molar-refractivity contribution >= 4 is 5.97 Å². The predicted octanol–water partition coefficient (Wildman–Crippen LogP) is 6.69. The number of carbonyl (C=O) groups is 1. The van der Waals surface area contributed by atoms with Crippen molar-refractivity contribution in [2.75, 3.05) is 6.61 Å². The SMILES string of the molecule is CCCCCCCCCCCCCCCCCCOc1cccc(C(=O)[O-])c1. The molecule has 0 aromatic heterocycles. The van der Waals surface area contributed by atoms with Crippen molar-refractivity contribution in [2.24, 2.45) is 0 Å². The van der Waals surface area contributed by atoms with E-state index in [0.29, 0.717) is 12.4 Å². The van der Waals surface area contributed by atoms with E-state index in [4.69, 9.17) is 4.74 Å². The van der Waals surface area contributed by atoms with Gasteiger partial charge in [0.15, 0.2) is 0 Å². The van der Waals surface area contributed by atoms with Crippen molar-refractivity contribution in [1.29, 1.82) is 0 Å². The van der Waals surface area contributed by atoms with Crippen molar-refractivity contribution < 1.29 is 14.6 Å². The predicted molar refractivity (Wildman–Crippen MR) is 116 cm³/mol. The van der Waals surface area contributed by atoms with E-state index in [9.17, 15) is 9.90 Å². The minimum absolute atomic E-state index is 0.171. The molecule has 3 heteroatoms. The highest BCUT2D eigenvalue weighted by atomic mass is 16.5. The van der Waals surface area contributed by atoms with E-state index in [-0.39, 0.29) is 5.56 Å². The molecule has 3 nitrogen and oxygen atoms in total. The minimum Gasteiger partial charge on any atom is -0.545 e. The summed E-state index contributed by atoms with van der Waals surface area (Å²) in [5, 5.41) is 10.8. The van der Waals surface area contributed by atoms with Crippen LogP contribution in [0, 0.1) is 0 Å². The van der Waals surface area contributed by atoms with Crippen molar-refractivity contribution in [1.82, 2.24) is 0 Å². The Labute approximate surface area is 172 Å². The van der Waals surface area contributed by atoms with Gasteiger partial charge in [0.25, 0.3) is 0 Å². The summed E-state index contributed by atoms with van der Waals surface area (Å²) in [6.45, 7) is 2.92. The van der Waals surface area contributed by atoms with Crippen LogP contribution in [0.2, 0.25) is 0 Å². The molecule has 160 valence electrons. The maximum Gasteiger partial charge on any atom is 0.119 e. The van der Waals surface area contributed by atoms with Crippen LogP contribution in [0.1, 0.15) is 120 Å². The fraction of sp³-hybridized carbons (Fsp3) is 0.720. The number of benzene rings is 1. The number of hydrogen-bond donors (Lipinski definition) is 0. The first-order valence-electron chi connectivity index (χ1n) is 11.7. The Hall–Kier alpha value is -1.51. The molecule has 0 fully saturated rings. The molecule has 0 heterocycles. The first-order chi connectivity index (χ1) is 13.7. The van der Waals surface area contributed by atoms with Crippen molar-refractivity contribution in [2.45, 2.75) is 110 Å². The van der Waals surface area contributed by atoms with Crippen LogP contribution in [0.5, 0.6) is 5.75 Å². The Morgan fingerprint density at radius 2 is 1.21 bits per heavy atom. The first-order valence-corrected chi connectivity index (χ1v) is 11.7. The normalized spacial score (nSPS) is 10.9. The van der Waals surface area contributed by atoms with Gasteiger partial charge in [-0.1, -0.05) is 115 Å². The third-order valence-corrected chi connectivity index (χ3v) is 5.34. The van der Waals surface area contributed by atoms with Crippen LogP contribution in [0.4, 0.5) is 0 Å². The molecule has 0 unspecified atom stereocenters. The van der Waals surface area contributed by atoms with Gasteiger partial charge in [0, 0.05) is 5.56 Å². The molecule has 0 amide bonds. The Morgan fingerprint density at radius 3 is 1.68 bits per heavy atom. The Balaban J connectivity index is 1.81. The molecule has 0 N–H and O–H groups in total. The van der Waals surface area contributed by atoms with Gasteiger partial charge in [0.2, 0.25) is 0 Å². The van der Waals surface area contributed by atoms with Gasteiger partial charge >= 0.3 is 0 Å². The fourth-order valence-corrected chi connectivity index (χ4v) is 3.55. The Morgan fingerprint density at radius 1 is 0.750 bits per heavy atom. The van der Waals surface area contributed by atoms with Crippen molar-refractivity contribution in [3.63, 3.8) is 0 Å². The van der Waals surface area contributed by atoms with E-state index in [2.05, 4.69) is 6.92 Å². The van der Waals surface area contributed by atoms with Crippen LogP contribution in [0.15, 0.2) is 24.3 Å². The van der Waals surface area contributed by atoms with Gasteiger partial charge in [-0.3, -0.25) is 0 Å². The summed E-state index contributed by atoms with van der Waals surface area (Å²) in [4.78, 5) is 10.8. The van der Waals surface area contributed by atoms with Gasteiger partial charge in [-0.2, -0.15) is 0 Å². The molecule has 0 spiro atoms. The lowest BCUT2D eigenvalue weighted by Gasteiger charge is -2.08. The van der Waals surface area contributed by atoms with Crippen molar-refractivity contribution in [3.8, 4) is 5.75 Å². The zero-order valence-electron chi connectivity index (χ0n) is 18.1. The number of carboxylic acids is 1. The molecule has 0 saturated carbocycles. The summed E-state index contributed by atoms with van der Waals surface area (Å²) in [5.74, 6) is -0.546. The molecule has 0 radical (unpaired) electrons. The second kappa shape index (κ2) is 17.6. The molecule has 0 saturated heterocycles. The second-order valence-electron chi connectivity index (χ2n) is 7.97. The highest BCUT2D eigenvalue weighted by Crippen LogP contribution is 2.15. The van der Waals surface area contributed by atoms with Crippen LogP contribution >= 0.6 is 0 Å². The maximum atomic E-state index is 10.8.